The van der Waals surface area contributed by atoms with Crippen LogP contribution < -0.4 is 15.6 Å². The van der Waals surface area contributed by atoms with Gasteiger partial charge in [-0.1, -0.05) is 0 Å². The lowest BCUT2D eigenvalue weighted by molar-refractivity contribution is 0.0695. The molecule has 7 rings (SSSR count). The van der Waals surface area contributed by atoms with Crippen LogP contribution in [0, 0.1) is 17.6 Å². The number of likely N-dealkylation sites (tertiary alicyclic amines) is 1. The standard InChI is InChI=1S/C29H27F2N7O3/c1-32-19-7-18(30)23(31)21-22-25(38-10-13-4-5-36(2)20(13)12-38)16(9-33-27(22)35-24(19)21)14-6-15-26(39)17(29(40)41)11-37(3)28(15)34-8-14/h6-9,11,13,20,32H,4-5,10,12H2,1-3H3,(H,33,35)(H,40,41)/t13-,20+/m1/s1. The van der Waals surface area contributed by atoms with Gasteiger partial charge in [0.15, 0.2) is 11.6 Å². The van der Waals surface area contributed by atoms with Crippen LogP contribution in [0.1, 0.15) is 16.8 Å². The summed E-state index contributed by atoms with van der Waals surface area (Å²) >= 11 is 0. The van der Waals surface area contributed by atoms with Gasteiger partial charge in [-0.2, -0.15) is 0 Å². The molecule has 5 aromatic rings. The van der Waals surface area contributed by atoms with Crippen molar-refractivity contribution in [1.29, 1.82) is 0 Å². The lowest BCUT2D eigenvalue weighted by atomic mass is 10.0. The van der Waals surface area contributed by atoms with Crippen LogP contribution in [0.3, 0.4) is 0 Å². The number of aromatic carboxylic acids is 1. The van der Waals surface area contributed by atoms with Crippen molar-refractivity contribution >= 4 is 50.3 Å². The summed E-state index contributed by atoms with van der Waals surface area (Å²) in [6.45, 7) is 2.40. The number of nitrogens with one attached hydrogen (secondary N) is 2. The highest BCUT2D eigenvalue weighted by Crippen LogP contribution is 2.45. The van der Waals surface area contributed by atoms with Gasteiger partial charge in [0.05, 0.1) is 33.1 Å². The summed E-state index contributed by atoms with van der Waals surface area (Å²) in [5, 5.41) is 13.2. The van der Waals surface area contributed by atoms with Crippen molar-refractivity contribution in [3.63, 3.8) is 0 Å². The summed E-state index contributed by atoms with van der Waals surface area (Å²) in [7, 11) is 5.36. The second kappa shape index (κ2) is 8.96. The first-order valence-corrected chi connectivity index (χ1v) is 13.4. The molecule has 10 nitrogen and oxygen atoms in total. The molecule has 0 spiro atoms. The number of carboxylic acid groups (broad SMARTS) is 1. The smallest absolute Gasteiger partial charge is 0.341 e. The number of nitrogens with zero attached hydrogens (tertiary/aromatic N) is 5. The third-order valence-corrected chi connectivity index (χ3v) is 8.73. The summed E-state index contributed by atoms with van der Waals surface area (Å²) in [5.41, 5.74) is 2.31. The number of rotatable bonds is 4. The van der Waals surface area contributed by atoms with Gasteiger partial charge in [0.25, 0.3) is 0 Å². The fourth-order valence-electron chi connectivity index (χ4n) is 6.70. The summed E-state index contributed by atoms with van der Waals surface area (Å²) < 4.78 is 32.0. The first-order chi connectivity index (χ1) is 19.7. The number of aryl methyl sites for hydroxylation is 1. The SMILES string of the molecule is CNc1cc(F)c(F)c2c1[nH]c1ncc(-c3cnc4c(c3)c(=O)c(C(=O)O)cn4C)c(N3C[C@H]4CCN(C)[C@H]4C3)c12. The number of hydrogen-bond donors (Lipinski definition) is 3. The number of H-pyrrole nitrogens is 1. The molecule has 2 saturated heterocycles. The number of likely N-dealkylation sites (N-methyl/N-ethyl adjacent to an activating group) is 1. The van der Waals surface area contributed by atoms with E-state index in [2.05, 4.69) is 37.1 Å². The van der Waals surface area contributed by atoms with Crippen LogP contribution in [-0.2, 0) is 7.05 Å². The summed E-state index contributed by atoms with van der Waals surface area (Å²) in [6.07, 6.45) is 5.53. The molecule has 4 aromatic heterocycles. The van der Waals surface area contributed by atoms with E-state index < -0.39 is 23.0 Å². The molecule has 2 aliphatic heterocycles. The van der Waals surface area contributed by atoms with E-state index in [0.29, 0.717) is 63.2 Å². The number of fused-ring (bicyclic) bond motifs is 5. The molecule has 2 atom stereocenters. The maximum atomic E-state index is 15.6. The van der Waals surface area contributed by atoms with Crippen molar-refractivity contribution < 1.29 is 18.7 Å². The van der Waals surface area contributed by atoms with Crippen LogP contribution in [-0.4, -0.2) is 75.3 Å². The largest absolute Gasteiger partial charge is 0.477 e. The lowest BCUT2D eigenvalue weighted by Gasteiger charge is -2.26. The zero-order valence-electron chi connectivity index (χ0n) is 22.6. The average Bonchev–Trinajstić information content (AvgIpc) is 3.65. The van der Waals surface area contributed by atoms with Gasteiger partial charge >= 0.3 is 5.97 Å². The topological polar surface area (TPSA) is 119 Å². The number of aromatic nitrogens is 4. The molecule has 0 saturated carbocycles. The average molecular weight is 560 g/mol. The number of anilines is 2. The van der Waals surface area contributed by atoms with E-state index in [9.17, 15) is 19.1 Å². The Morgan fingerprint density at radius 2 is 1.95 bits per heavy atom. The zero-order chi connectivity index (χ0) is 28.7. The molecule has 41 heavy (non-hydrogen) atoms. The van der Waals surface area contributed by atoms with Crippen LogP contribution in [0.15, 0.2) is 35.5 Å². The van der Waals surface area contributed by atoms with Gasteiger partial charge in [-0.05, 0) is 32.0 Å². The fourth-order valence-corrected chi connectivity index (χ4v) is 6.70. The number of carbonyl (C=O) groups is 1. The second-order valence-corrected chi connectivity index (χ2v) is 11.0. The Balaban J connectivity index is 1.55. The lowest BCUT2D eigenvalue weighted by Crippen LogP contribution is -2.32. The molecular weight excluding hydrogens is 532 g/mol. The normalized spacial score (nSPS) is 19.1. The molecule has 6 heterocycles. The molecule has 2 fully saturated rings. The van der Waals surface area contributed by atoms with Crippen molar-refractivity contribution in [1.82, 2.24) is 24.4 Å². The van der Waals surface area contributed by atoms with E-state index >= 15 is 4.39 Å². The van der Waals surface area contributed by atoms with Crippen LogP contribution in [0.4, 0.5) is 20.2 Å². The van der Waals surface area contributed by atoms with E-state index in [4.69, 9.17) is 0 Å². The fraction of sp³-hybridized carbons (Fsp3) is 0.310. The number of carboxylic acids is 1. The van der Waals surface area contributed by atoms with Gasteiger partial charge in [0.1, 0.15) is 16.9 Å². The van der Waals surface area contributed by atoms with Crippen molar-refractivity contribution in [3.05, 3.63) is 58.1 Å². The minimum atomic E-state index is -1.33. The highest BCUT2D eigenvalue weighted by atomic mass is 19.2. The zero-order valence-corrected chi connectivity index (χ0v) is 22.6. The molecule has 0 bridgehead atoms. The Bertz CT molecular complexity index is 1990. The number of halogens is 2. The van der Waals surface area contributed by atoms with Crippen LogP contribution in [0.25, 0.3) is 44.1 Å². The van der Waals surface area contributed by atoms with E-state index in [-0.39, 0.29) is 16.3 Å². The number of benzene rings is 1. The van der Waals surface area contributed by atoms with Crippen molar-refractivity contribution in [2.45, 2.75) is 12.5 Å². The van der Waals surface area contributed by atoms with Crippen molar-refractivity contribution in [2.75, 3.05) is 43.9 Å². The van der Waals surface area contributed by atoms with Crippen LogP contribution >= 0.6 is 0 Å². The first kappa shape index (κ1) is 25.4. The van der Waals surface area contributed by atoms with Gasteiger partial charge in [-0.3, -0.25) is 4.79 Å². The minimum Gasteiger partial charge on any atom is -0.477 e. The Morgan fingerprint density at radius 1 is 1.15 bits per heavy atom. The summed E-state index contributed by atoms with van der Waals surface area (Å²) in [5.74, 6) is -2.87. The predicted molar refractivity (Wildman–Crippen MR) is 153 cm³/mol. The molecule has 0 amide bonds. The van der Waals surface area contributed by atoms with E-state index in [0.717, 1.165) is 25.6 Å². The Kier molecular flexibility index (Phi) is 5.55. The van der Waals surface area contributed by atoms with Crippen molar-refractivity contribution in [3.8, 4) is 11.1 Å². The number of hydrogen-bond acceptors (Lipinski definition) is 7. The molecule has 210 valence electrons. The number of pyridine rings is 3. The van der Waals surface area contributed by atoms with Crippen LogP contribution in [0.2, 0.25) is 0 Å². The minimum absolute atomic E-state index is 0.0944. The first-order valence-electron chi connectivity index (χ1n) is 13.4. The van der Waals surface area contributed by atoms with Crippen LogP contribution in [0.5, 0.6) is 0 Å². The molecule has 0 aliphatic carbocycles. The number of aromatic amines is 1. The molecule has 1 aromatic carbocycles. The maximum Gasteiger partial charge on any atom is 0.341 e. The highest BCUT2D eigenvalue weighted by Gasteiger charge is 2.41. The van der Waals surface area contributed by atoms with E-state index in [1.165, 1.54) is 10.8 Å². The highest BCUT2D eigenvalue weighted by molar-refractivity contribution is 6.18. The van der Waals surface area contributed by atoms with Gasteiger partial charge in [-0.25, -0.2) is 23.5 Å². The van der Waals surface area contributed by atoms with Gasteiger partial charge in [0.2, 0.25) is 5.43 Å². The summed E-state index contributed by atoms with van der Waals surface area (Å²) in [6, 6.07) is 3.04. The predicted octanol–water partition coefficient (Wildman–Crippen LogP) is 3.79. The van der Waals surface area contributed by atoms with Gasteiger partial charge < -0.3 is 29.8 Å². The molecule has 3 N–H and O–H groups in total. The quantitative estimate of drug-likeness (QED) is 0.304. The van der Waals surface area contributed by atoms with Gasteiger partial charge in [-0.15, -0.1) is 0 Å². The Morgan fingerprint density at radius 3 is 2.68 bits per heavy atom. The summed E-state index contributed by atoms with van der Waals surface area (Å²) in [4.78, 5) is 41.7. The van der Waals surface area contributed by atoms with Gasteiger partial charge in [0, 0.05) is 69.0 Å². The maximum absolute atomic E-state index is 15.6. The van der Waals surface area contributed by atoms with E-state index in [1.807, 2.05) is 0 Å². The van der Waals surface area contributed by atoms with E-state index in [1.54, 1.807) is 32.6 Å². The molecular formula is C29H27F2N7O3. The second-order valence-electron chi connectivity index (χ2n) is 11.0. The molecule has 0 unspecified atom stereocenters. The Labute approximate surface area is 232 Å². The third-order valence-electron chi connectivity index (χ3n) is 8.73. The van der Waals surface area contributed by atoms with Crippen molar-refractivity contribution in [2.24, 2.45) is 13.0 Å². The monoisotopic (exact) mass is 559 g/mol. The molecule has 0 radical (unpaired) electrons. The Hall–Kier alpha value is -4.58. The molecule has 12 heteroatoms. The molecule has 2 aliphatic rings. The third kappa shape index (κ3) is 3.63.